The summed E-state index contributed by atoms with van der Waals surface area (Å²) in [5, 5.41) is 15.2. The van der Waals surface area contributed by atoms with Crippen molar-refractivity contribution in [2.45, 2.75) is 58.0 Å². The Morgan fingerprint density at radius 2 is 2.13 bits per heavy atom. The second-order valence-corrected chi connectivity index (χ2v) is 6.00. The van der Waals surface area contributed by atoms with Gasteiger partial charge in [0, 0.05) is 26.6 Å². The van der Waals surface area contributed by atoms with Crippen molar-refractivity contribution >= 4 is 29.9 Å². The van der Waals surface area contributed by atoms with Gasteiger partial charge in [-0.05, 0) is 38.5 Å². The van der Waals surface area contributed by atoms with Crippen LogP contribution in [-0.4, -0.2) is 34.3 Å². The Kier molecular flexibility index (Phi) is 7.32. The standard InChI is InChI=1S/C16H26N6.HI/c1-17-16(18-10-9-13-6-3-2-4-7-13)19-12-15-21-20-14-8-5-11-22(14)15;/h6H,2-5,7-12H2,1H3,(H2,17,18,19);1H. The second-order valence-electron chi connectivity index (χ2n) is 6.00. The highest BCUT2D eigenvalue weighted by Crippen LogP contribution is 2.19. The summed E-state index contributed by atoms with van der Waals surface area (Å²) >= 11 is 0. The van der Waals surface area contributed by atoms with Crippen molar-refractivity contribution in [3.05, 3.63) is 23.3 Å². The molecule has 0 aromatic carbocycles. The van der Waals surface area contributed by atoms with E-state index in [1.807, 2.05) is 7.05 Å². The summed E-state index contributed by atoms with van der Waals surface area (Å²) in [4.78, 5) is 4.28. The summed E-state index contributed by atoms with van der Waals surface area (Å²) in [5.74, 6) is 2.96. The minimum absolute atomic E-state index is 0. The first kappa shape index (κ1) is 18.2. The Balaban J connectivity index is 0.00000192. The summed E-state index contributed by atoms with van der Waals surface area (Å²) < 4.78 is 2.22. The van der Waals surface area contributed by atoms with Gasteiger partial charge < -0.3 is 15.2 Å². The number of allylic oxidation sites excluding steroid dienone is 1. The highest BCUT2D eigenvalue weighted by atomic mass is 127. The molecule has 0 fully saturated rings. The molecule has 1 aromatic rings. The molecule has 23 heavy (non-hydrogen) atoms. The van der Waals surface area contributed by atoms with E-state index in [1.165, 1.54) is 32.1 Å². The molecule has 0 amide bonds. The first-order chi connectivity index (χ1) is 10.9. The number of guanidine groups is 1. The highest BCUT2D eigenvalue weighted by molar-refractivity contribution is 14.0. The molecule has 7 heteroatoms. The lowest BCUT2D eigenvalue weighted by molar-refractivity contribution is 0.653. The molecular formula is C16H27IN6. The predicted octanol–water partition coefficient (Wildman–Crippen LogP) is 2.40. The lowest BCUT2D eigenvalue weighted by Gasteiger charge is -2.15. The third-order valence-corrected chi connectivity index (χ3v) is 4.45. The molecule has 3 rings (SSSR count). The molecule has 0 atom stereocenters. The van der Waals surface area contributed by atoms with Gasteiger partial charge in [-0.2, -0.15) is 0 Å². The summed E-state index contributed by atoms with van der Waals surface area (Å²) in [6.07, 6.45) is 11.0. The molecule has 2 aliphatic rings. The lowest BCUT2D eigenvalue weighted by Crippen LogP contribution is -2.38. The van der Waals surface area contributed by atoms with Gasteiger partial charge in [0.15, 0.2) is 11.8 Å². The third-order valence-electron chi connectivity index (χ3n) is 4.45. The normalized spacial score (nSPS) is 17.3. The van der Waals surface area contributed by atoms with E-state index in [1.54, 1.807) is 5.57 Å². The quantitative estimate of drug-likeness (QED) is 0.326. The maximum absolute atomic E-state index is 4.28. The Morgan fingerprint density at radius 3 is 2.91 bits per heavy atom. The van der Waals surface area contributed by atoms with Gasteiger partial charge in [-0.15, -0.1) is 34.2 Å². The van der Waals surface area contributed by atoms with E-state index in [0.29, 0.717) is 6.54 Å². The van der Waals surface area contributed by atoms with Gasteiger partial charge in [-0.25, -0.2) is 0 Å². The topological polar surface area (TPSA) is 67.1 Å². The van der Waals surface area contributed by atoms with Crippen LogP contribution < -0.4 is 10.6 Å². The monoisotopic (exact) mass is 430 g/mol. The largest absolute Gasteiger partial charge is 0.356 e. The lowest BCUT2D eigenvalue weighted by atomic mass is 9.97. The number of hydrogen-bond acceptors (Lipinski definition) is 3. The molecule has 2 N–H and O–H groups in total. The van der Waals surface area contributed by atoms with Crippen molar-refractivity contribution in [1.82, 2.24) is 25.4 Å². The van der Waals surface area contributed by atoms with Crippen LogP contribution in [0.3, 0.4) is 0 Å². The number of nitrogens with one attached hydrogen (secondary N) is 2. The van der Waals surface area contributed by atoms with E-state index in [2.05, 4.69) is 36.5 Å². The minimum Gasteiger partial charge on any atom is -0.356 e. The first-order valence-electron chi connectivity index (χ1n) is 8.40. The average molecular weight is 430 g/mol. The average Bonchev–Trinajstić information content (AvgIpc) is 3.16. The molecule has 128 valence electrons. The van der Waals surface area contributed by atoms with Crippen molar-refractivity contribution in [3.8, 4) is 0 Å². The van der Waals surface area contributed by atoms with Gasteiger partial charge in [0.2, 0.25) is 0 Å². The summed E-state index contributed by atoms with van der Waals surface area (Å²) in [6.45, 7) is 2.65. The summed E-state index contributed by atoms with van der Waals surface area (Å²) in [7, 11) is 1.81. The number of aliphatic imine (C=N–C) groups is 1. The Morgan fingerprint density at radius 1 is 1.22 bits per heavy atom. The maximum Gasteiger partial charge on any atom is 0.191 e. The smallest absolute Gasteiger partial charge is 0.191 e. The van der Waals surface area contributed by atoms with E-state index in [4.69, 9.17) is 0 Å². The number of halogens is 1. The summed E-state index contributed by atoms with van der Waals surface area (Å²) in [6, 6.07) is 0. The molecule has 1 aliphatic carbocycles. The Labute approximate surface area is 155 Å². The van der Waals surface area contributed by atoms with Crippen LogP contribution >= 0.6 is 24.0 Å². The zero-order valence-electron chi connectivity index (χ0n) is 13.8. The van der Waals surface area contributed by atoms with Gasteiger partial charge in [0.1, 0.15) is 5.82 Å². The van der Waals surface area contributed by atoms with Gasteiger partial charge >= 0.3 is 0 Å². The fourth-order valence-electron chi connectivity index (χ4n) is 3.20. The first-order valence-corrected chi connectivity index (χ1v) is 8.40. The fraction of sp³-hybridized carbons (Fsp3) is 0.688. The maximum atomic E-state index is 4.28. The van der Waals surface area contributed by atoms with E-state index in [9.17, 15) is 0 Å². The van der Waals surface area contributed by atoms with Crippen molar-refractivity contribution < 1.29 is 0 Å². The fourth-order valence-corrected chi connectivity index (χ4v) is 3.20. The second kappa shape index (κ2) is 9.24. The van der Waals surface area contributed by atoms with E-state index < -0.39 is 0 Å². The molecule has 0 bridgehead atoms. The number of fused-ring (bicyclic) bond motifs is 1. The van der Waals surface area contributed by atoms with Gasteiger partial charge in [0.25, 0.3) is 0 Å². The Hall–Kier alpha value is -1.12. The van der Waals surface area contributed by atoms with E-state index in [0.717, 1.165) is 43.5 Å². The molecule has 1 aliphatic heterocycles. The molecule has 1 aromatic heterocycles. The number of nitrogens with zero attached hydrogens (tertiary/aromatic N) is 4. The van der Waals surface area contributed by atoms with Crippen LogP contribution in [0.1, 0.15) is 50.2 Å². The van der Waals surface area contributed by atoms with Crippen molar-refractivity contribution in [2.75, 3.05) is 13.6 Å². The van der Waals surface area contributed by atoms with E-state index >= 15 is 0 Å². The van der Waals surface area contributed by atoms with Crippen LogP contribution in [0, 0.1) is 0 Å². The van der Waals surface area contributed by atoms with Crippen LogP contribution in [0.4, 0.5) is 0 Å². The van der Waals surface area contributed by atoms with Gasteiger partial charge in [-0.3, -0.25) is 4.99 Å². The minimum atomic E-state index is 0. The van der Waals surface area contributed by atoms with Crippen LogP contribution in [0.2, 0.25) is 0 Å². The van der Waals surface area contributed by atoms with Crippen molar-refractivity contribution in [1.29, 1.82) is 0 Å². The molecule has 2 heterocycles. The van der Waals surface area contributed by atoms with Crippen LogP contribution in [0.5, 0.6) is 0 Å². The number of aryl methyl sites for hydroxylation is 1. The van der Waals surface area contributed by atoms with Crippen LogP contribution in [0.25, 0.3) is 0 Å². The number of hydrogen-bond donors (Lipinski definition) is 2. The van der Waals surface area contributed by atoms with Crippen molar-refractivity contribution in [3.63, 3.8) is 0 Å². The molecule has 0 spiro atoms. The van der Waals surface area contributed by atoms with Crippen LogP contribution in [0.15, 0.2) is 16.6 Å². The third kappa shape index (κ3) is 4.92. The molecule has 0 radical (unpaired) electrons. The zero-order chi connectivity index (χ0) is 15.2. The Bertz CT molecular complexity index is 563. The molecule has 0 saturated carbocycles. The van der Waals surface area contributed by atoms with Gasteiger partial charge in [0.05, 0.1) is 6.54 Å². The highest BCUT2D eigenvalue weighted by Gasteiger charge is 2.17. The van der Waals surface area contributed by atoms with Gasteiger partial charge in [-0.1, -0.05) is 11.6 Å². The summed E-state index contributed by atoms with van der Waals surface area (Å²) in [5.41, 5.74) is 1.59. The van der Waals surface area contributed by atoms with Crippen molar-refractivity contribution in [2.24, 2.45) is 4.99 Å². The van der Waals surface area contributed by atoms with Crippen LogP contribution in [-0.2, 0) is 19.5 Å². The molecule has 0 unspecified atom stereocenters. The number of aromatic nitrogens is 3. The molecule has 6 nitrogen and oxygen atoms in total. The number of rotatable bonds is 5. The SMILES string of the molecule is CN=C(NCCC1=CCCCC1)NCc1nnc2n1CCC2.I. The molecular weight excluding hydrogens is 403 g/mol. The molecule has 0 saturated heterocycles. The van der Waals surface area contributed by atoms with E-state index in [-0.39, 0.29) is 24.0 Å². The predicted molar refractivity (Wildman–Crippen MR) is 103 cm³/mol. The zero-order valence-corrected chi connectivity index (χ0v) is 16.2.